The van der Waals surface area contributed by atoms with Crippen molar-refractivity contribution in [2.45, 2.75) is 32.1 Å². The van der Waals surface area contributed by atoms with E-state index in [1.165, 1.54) is 24.1 Å². The van der Waals surface area contributed by atoms with Gasteiger partial charge in [-0.25, -0.2) is 4.98 Å². The van der Waals surface area contributed by atoms with Crippen LogP contribution in [0.15, 0.2) is 0 Å². The third-order valence-electron chi connectivity index (χ3n) is 4.63. The van der Waals surface area contributed by atoms with Gasteiger partial charge in [0.15, 0.2) is 0 Å². The first-order valence-corrected chi connectivity index (χ1v) is 8.93. The first kappa shape index (κ1) is 17.0. The van der Waals surface area contributed by atoms with Crippen molar-refractivity contribution in [3.05, 3.63) is 11.3 Å². The van der Waals surface area contributed by atoms with E-state index in [4.69, 9.17) is 9.97 Å². The van der Waals surface area contributed by atoms with E-state index < -0.39 is 0 Å². The molecule has 0 atom stereocenters. The second-order valence-corrected chi connectivity index (χ2v) is 6.81. The van der Waals surface area contributed by atoms with Crippen LogP contribution in [-0.2, 0) is 17.6 Å². The second-order valence-electron chi connectivity index (χ2n) is 6.81. The lowest BCUT2D eigenvalue weighted by Crippen LogP contribution is -2.47. The van der Waals surface area contributed by atoms with Gasteiger partial charge in [0.25, 0.3) is 0 Å². The molecule has 0 unspecified atom stereocenters. The van der Waals surface area contributed by atoms with Gasteiger partial charge in [-0.3, -0.25) is 9.69 Å². The number of aryl methyl sites for hydroxylation is 1. The summed E-state index contributed by atoms with van der Waals surface area (Å²) in [6.45, 7) is 4.04. The van der Waals surface area contributed by atoms with Crippen LogP contribution >= 0.6 is 0 Å². The van der Waals surface area contributed by atoms with Gasteiger partial charge in [0, 0.05) is 45.8 Å². The Balaban J connectivity index is 1.58. The minimum Gasteiger partial charge on any atom is -0.370 e. The van der Waals surface area contributed by atoms with Crippen molar-refractivity contribution in [2.24, 2.45) is 0 Å². The lowest BCUT2D eigenvalue weighted by molar-refractivity contribution is -0.124. The van der Waals surface area contributed by atoms with Crippen molar-refractivity contribution >= 4 is 17.7 Å². The molecule has 7 heteroatoms. The van der Waals surface area contributed by atoms with E-state index in [1.54, 1.807) is 0 Å². The smallest absolute Gasteiger partial charge is 0.234 e. The molecule has 0 spiro atoms. The van der Waals surface area contributed by atoms with Crippen LogP contribution < -0.4 is 15.5 Å². The second kappa shape index (κ2) is 7.79. The molecule has 1 aliphatic heterocycles. The molecule has 0 bridgehead atoms. The first-order chi connectivity index (χ1) is 11.6. The van der Waals surface area contributed by atoms with Crippen molar-refractivity contribution in [2.75, 3.05) is 57.0 Å². The van der Waals surface area contributed by atoms with Crippen LogP contribution in [0.25, 0.3) is 0 Å². The minimum absolute atomic E-state index is 0.134. The van der Waals surface area contributed by atoms with Gasteiger partial charge in [-0.2, -0.15) is 4.98 Å². The summed E-state index contributed by atoms with van der Waals surface area (Å²) in [5.74, 6) is 1.92. The average molecular weight is 332 g/mol. The molecule has 1 aromatic heterocycles. The highest BCUT2D eigenvalue weighted by atomic mass is 16.2. The van der Waals surface area contributed by atoms with Gasteiger partial charge in [0.1, 0.15) is 5.82 Å². The van der Waals surface area contributed by atoms with Crippen LogP contribution in [-0.4, -0.2) is 67.6 Å². The quantitative estimate of drug-likeness (QED) is 0.746. The van der Waals surface area contributed by atoms with Crippen LogP contribution in [0.4, 0.5) is 11.8 Å². The van der Waals surface area contributed by atoms with E-state index in [2.05, 4.69) is 15.5 Å². The SMILES string of the molecule is CN(C)c1nc2c(c(NCCCN3CCNC(=O)C3)n1)CCCC2. The topological polar surface area (TPSA) is 73.4 Å². The number of aromatic nitrogens is 2. The number of hydrogen-bond acceptors (Lipinski definition) is 6. The standard InChI is InChI=1S/C17H28N6O/c1-22(2)17-20-14-7-4-3-6-13(14)16(21-17)19-8-5-10-23-11-9-18-15(24)12-23/h3-12H2,1-2H3,(H,18,24)(H,19,20,21). The van der Waals surface area contributed by atoms with Gasteiger partial charge in [-0.15, -0.1) is 0 Å². The number of amides is 1. The van der Waals surface area contributed by atoms with E-state index in [0.717, 1.165) is 57.2 Å². The highest BCUT2D eigenvalue weighted by Crippen LogP contribution is 2.27. The zero-order chi connectivity index (χ0) is 16.9. The fourth-order valence-electron chi connectivity index (χ4n) is 3.32. The van der Waals surface area contributed by atoms with E-state index in [1.807, 2.05) is 19.0 Å². The number of anilines is 2. The maximum atomic E-state index is 11.4. The fraction of sp³-hybridized carbons (Fsp3) is 0.706. The zero-order valence-electron chi connectivity index (χ0n) is 14.8. The number of carbonyl (C=O) groups excluding carboxylic acids is 1. The van der Waals surface area contributed by atoms with Crippen LogP contribution in [0, 0.1) is 0 Å². The van der Waals surface area contributed by atoms with E-state index in [9.17, 15) is 4.79 Å². The van der Waals surface area contributed by atoms with Gasteiger partial charge >= 0.3 is 0 Å². The molecule has 1 aliphatic carbocycles. The Bertz CT molecular complexity index is 589. The number of fused-ring (bicyclic) bond motifs is 1. The number of carbonyl (C=O) groups is 1. The summed E-state index contributed by atoms with van der Waals surface area (Å²) in [6, 6.07) is 0. The normalized spacial score (nSPS) is 18.0. The highest BCUT2D eigenvalue weighted by molar-refractivity contribution is 5.78. The van der Waals surface area contributed by atoms with E-state index >= 15 is 0 Å². The highest BCUT2D eigenvalue weighted by Gasteiger charge is 2.19. The summed E-state index contributed by atoms with van der Waals surface area (Å²) in [5, 5.41) is 6.38. The number of nitrogens with one attached hydrogen (secondary N) is 2. The molecule has 1 saturated heterocycles. The summed E-state index contributed by atoms with van der Waals surface area (Å²) >= 11 is 0. The molecule has 0 radical (unpaired) electrons. The molecule has 1 amide bonds. The molecular weight excluding hydrogens is 304 g/mol. The molecule has 24 heavy (non-hydrogen) atoms. The predicted molar refractivity (Wildman–Crippen MR) is 95.6 cm³/mol. The molecule has 0 aromatic carbocycles. The molecular formula is C17H28N6O. The van der Waals surface area contributed by atoms with Crippen LogP contribution in [0.2, 0.25) is 0 Å². The van der Waals surface area contributed by atoms with Gasteiger partial charge < -0.3 is 15.5 Å². The summed E-state index contributed by atoms with van der Waals surface area (Å²) in [7, 11) is 3.96. The first-order valence-electron chi connectivity index (χ1n) is 8.93. The van der Waals surface area contributed by atoms with Crippen molar-refractivity contribution in [3.63, 3.8) is 0 Å². The van der Waals surface area contributed by atoms with Crippen molar-refractivity contribution in [3.8, 4) is 0 Å². The van der Waals surface area contributed by atoms with Crippen molar-refractivity contribution < 1.29 is 4.79 Å². The molecule has 0 saturated carbocycles. The number of rotatable bonds is 6. The molecule has 1 fully saturated rings. The van der Waals surface area contributed by atoms with Crippen LogP contribution in [0.1, 0.15) is 30.5 Å². The maximum Gasteiger partial charge on any atom is 0.234 e. The predicted octanol–water partition coefficient (Wildman–Crippen LogP) is 0.655. The maximum absolute atomic E-state index is 11.4. The lowest BCUT2D eigenvalue weighted by Gasteiger charge is -2.26. The molecule has 1 aromatic rings. The molecule has 132 valence electrons. The Kier molecular flexibility index (Phi) is 5.50. The average Bonchev–Trinajstić information content (AvgIpc) is 2.58. The van der Waals surface area contributed by atoms with E-state index in [-0.39, 0.29) is 5.91 Å². The molecule has 3 rings (SSSR count). The summed E-state index contributed by atoms with van der Waals surface area (Å²) in [6.07, 6.45) is 5.56. The Labute approximate surface area is 143 Å². The summed E-state index contributed by atoms with van der Waals surface area (Å²) in [5.41, 5.74) is 2.50. The van der Waals surface area contributed by atoms with Gasteiger partial charge in [0.2, 0.25) is 11.9 Å². The minimum atomic E-state index is 0.134. The number of hydrogen-bond donors (Lipinski definition) is 2. The van der Waals surface area contributed by atoms with Crippen LogP contribution in [0.5, 0.6) is 0 Å². The Hall–Kier alpha value is -1.89. The largest absolute Gasteiger partial charge is 0.370 e. The number of piperazine rings is 1. The zero-order valence-corrected chi connectivity index (χ0v) is 14.8. The number of nitrogens with zero attached hydrogens (tertiary/aromatic N) is 4. The summed E-state index contributed by atoms with van der Waals surface area (Å²) in [4.78, 5) is 25.0. The third-order valence-corrected chi connectivity index (χ3v) is 4.63. The fourth-order valence-corrected chi connectivity index (χ4v) is 3.32. The van der Waals surface area contributed by atoms with Crippen molar-refractivity contribution in [1.82, 2.24) is 20.2 Å². The Morgan fingerprint density at radius 3 is 2.88 bits per heavy atom. The summed E-state index contributed by atoms with van der Waals surface area (Å²) < 4.78 is 0. The van der Waals surface area contributed by atoms with Gasteiger partial charge in [-0.1, -0.05) is 0 Å². The third kappa shape index (κ3) is 4.14. The monoisotopic (exact) mass is 332 g/mol. The molecule has 2 N–H and O–H groups in total. The molecule has 2 heterocycles. The van der Waals surface area contributed by atoms with Gasteiger partial charge in [-0.05, 0) is 32.1 Å². The van der Waals surface area contributed by atoms with Crippen molar-refractivity contribution in [1.29, 1.82) is 0 Å². The van der Waals surface area contributed by atoms with Gasteiger partial charge in [0.05, 0.1) is 12.2 Å². The Morgan fingerprint density at radius 1 is 1.25 bits per heavy atom. The Morgan fingerprint density at radius 2 is 2.08 bits per heavy atom. The van der Waals surface area contributed by atoms with E-state index in [0.29, 0.717) is 6.54 Å². The molecule has 2 aliphatic rings. The molecule has 7 nitrogen and oxygen atoms in total. The van der Waals surface area contributed by atoms with Crippen LogP contribution in [0.3, 0.4) is 0 Å². The lowest BCUT2D eigenvalue weighted by atomic mass is 9.96.